The second kappa shape index (κ2) is 10.4. The van der Waals surface area contributed by atoms with Crippen molar-refractivity contribution >= 4 is 29.3 Å². The summed E-state index contributed by atoms with van der Waals surface area (Å²) in [4.78, 5) is 28.8. The lowest BCUT2D eigenvalue weighted by atomic mass is 10.1. The fourth-order valence-electron chi connectivity index (χ4n) is 2.77. The maximum atomic E-state index is 12.4. The smallest absolute Gasteiger partial charge is 0.316 e. The minimum absolute atomic E-state index is 0.0808. The van der Waals surface area contributed by atoms with Crippen LogP contribution in [0.4, 0.5) is 5.69 Å². The standard InChI is InChI=1S/C23H22N2O3S/c1-17-8-7-11-19(14-17)25-21(26)15-29-16-22(27)28-23(18-9-3-2-4-10-18)20-12-5-6-13-24-20/h2-14,23H,15-16H2,1H3,(H,25,26). The number of benzene rings is 2. The number of ether oxygens (including phenoxy) is 1. The van der Waals surface area contributed by atoms with Crippen LogP contribution in [0, 0.1) is 6.92 Å². The Morgan fingerprint density at radius 3 is 2.52 bits per heavy atom. The topological polar surface area (TPSA) is 68.3 Å². The van der Waals surface area contributed by atoms with E-state index in [1.54, 1.807) is 6.20 Å². The maximum absolute atomic E-state index is 12.4. The molecular weight excluding hydrogens is 384 g/mol. The first-order chi connectivity index (χ1) is 14.1. The number of hydrogen-bond acceptors (Lipinski definition) is 5. The summed E-state index contributed by atoms with van der Waals surface area (Å²) in [5, 5.41) is 2.83. The molecule has 2 aromatic carbocycles. The molecule has 1 N–H and O–H groups in total. The largest absolute Gasteiger partial charge is 0.450 e. The lowest BCUT2D eigenvalue weighted by molar-refractivity contribution is -0.144. The first-order valence-electron chi connectivity index (χ1n) is 9.21. The molecule has 0 fully saturated rings. The highest BCUT2D eigenvalue weighted by molar-refractivity contribution is 8.00. The van der Waals surface area contributed by atoms with E-state index in [2.05, 4.69) is 10.3 Å². The van der Waals surface area contributed by atoms with Gasteiger partial charge in [-0.05, 0) is 42.3 Å². The zero-order valence-corrected chi connectivity index (χ0v) is 16.9. The number of esters is 1. The van der Waals surface area contributed by atoms with Crippen LogP contribution in [0.2, 0.25) is 0 Å². The lowest BCUT2D eigenvalue weighted by Crippen LogP contribution is -2.18. The van der Waals surface area contributed by atoms with Gasteiger partial charge in [0.2, 0.25) is 5.91 Å². The van der Waals surface area contributed by atoms with Crippen molar-refractivity contribution < 1.29 is 14.3 Å². The van der Waals surface area contributed by atoms with Crippen molar-refractivity contribution in [3.05, 3.63) is 95.8 Å². The summed E-state index contributed by atoms with van der Waals surface area (Å²) in [6.45, 7) is 1.96. The number of carbonyl (C=O) groups is 2. The van der Waals surface area contributed by atoms with Gasteiger partial charge in [0.05, 0.1) is 17.2 Å². The molecule has 0 aliphatic carbocycles. The summed E-state index contributed by atoms with van der Waals surface area (Å²) in [5.74, 6) is -0.296. The molecule has 5 nitrogen and oxygen atoms in total. The van der Waals surface area contributed by atoms with Crippen LogP contribution in [0.15, 0.2) is 79.0 Å². The molecule has 0 bridgehead atoms. The van der Waals surface area contributed by atoms with E-state index < -0.39 is 12.1 Å². The maximum Gasteiger partial charge on any atom is 0.316 e. The quantitative estimate of drug-likeness (QED) is 0.562. The Bertz CT molecular complexity index is 909. The number of aryl methyl sites for hydroxylation is 1. The second-order valence-electron chi connectivity index (χ2n) is 6.45. The first kappa shape index (κ1) is 20.6. The molecule has 1 heterocycles. The van der Waals surface area contributed by atoms with Gasteiger partial charge >= 0.3 is 5.97 Å². The number of anilines is 1. The van der Waals surface area contributed by atoms with Gasteiger partial charge in [-0.2, -0.15) is 0 Å². The van der Waals surface area contributed by atoms with Crippen LogP contribution in [0.5, 0.6) is 0 Å². The monoisotopic (exact) mass is 406 g/mol. The average Bonchev–Trinajstić information content (AvgIpc) is 2.73. The van der Waals surface area contributed by atoms with Crippen molar-refractivity contribution in [2.45, 2.75) is 13.0 Å². The van der Waals surface area contributed by atoms with Crippen LogP contribution in [0.1, 0.15) is 22.9 Å². The molecule has 0 aliphatic heterocycles. The Balaban J connectivity index is 1.53. The summed E-state index contributed by atoms with van der Waals surface area (Å²) < 4.78 is 5.68. The van der Waals surface area contributed by atoms with Crippen LogP contribution in [0.3, 0.4) is 0 Å². The van der Waals surface area contributed by atoms with Gasteiger partial charge in [-0.25, -0.2) is 0 Å². The number of pyridine rings is 1. The lowest BCUT2D eigenvalue weighted by Gasteiger charge is -2.17. The number of rotatable bonds is 8. The van der Waals surface area contributed by atoms with E-state index in [9.17, 15) is 9.59 Å². The highest BCUT2D eigenvalue weighted by Gasteiger charge is 2.20. The highest BCUT2D eigenvalue weighted by atomic mass is 32.2. The van der Waals surface area contributed by atoms with Crippen molar-refractivity contribution in [3.63, 3.8) is 0 Å². The summed E-state index contributed by atoms with van der Waals surface area (Å²) in [5.41, 5.74) is 3.33. The van der Waals surface area contributed by atoms with Crippen LogP contribution in [0.25, 0.3) is 0 Å². The minimum atomic E-state index is -0.577. The van der Waals surface area contributed by atoms with Gasteiger partial charge in [-0.1, -0.05) is 48.5 Å². The molecule has 3 aromatic rings. The van der Waals surface area contributed by atoms with E-state index >= 15 is 0 Å². The Kier molecular flexibility index (Phi) is 7.41. The first-order valence-corrected chi connectivity index (χ1v) is 10.4. The molecule has 6 heteroatoms. The van der Waals surface area contributed by atoms with E-state index in [-0.39, 0.29) is 17.4 Å². The summed E-state index contributed by atoms with van der Waals surface area (Å²) in [6.07, 6.45) is 1.09. The molecule has 29 heavy (non-hydrogen) atoms. The molecule has 148 valence electrons. The number of nitrogens with one attached hydrogen (secondary N) is 1. The minimum Gasteiger partial charge on any atom is -0.450 e. The SMILES string of the molecule is Cc1cccc(NC(=O)CSCC(=O)OC(c2ccccc2)c2ccccn2)c1. The number of thioether (sulfide) groups is 1. The number of nitrogens with zero attached hydrogens (tertiary/aromatic N) is 1. The fraction of sp³-hybridized carbons (Fsp3) is 0.174. The third kappa shape index (κ3) is 6.47. The zero-order chi connectivity index (χ0) is 20.5. The molecule has 1 unspecified atom stereocenters. The van der Waals surface area contributed by atoms with E-state index in [0.29, 0.717) is 5.69 Å². The Labute approximate surface area is 174 Å². The van der Waals surface area contributed by atoms with Gasteiger partial charge < -0.3 is 10.1 Å². The molecule has 1 aromatic heterocycles. The molecule has 0 radical (unpaired) electrons. The predicted octanol–water partition coefficient (Wildman–Crippen LogP) is 4.39. The number of hydrogen-bond donors (Lipinski definition) is 1. The highest BCUT2D eigenvalue weighted by Crippen LogP contribution is 2.24. The molecular formula is C23H22N2O3S. The van der Waals surface area contributed by atoms with Crippen LogP contribution in [-0.2, 0) is 14.3 Å². The Morgan fingerprint density at radius 1 is 1.00 bits per heavy atom. The molecule has 0 spiro atoms. The normalized spacial score (nSPS) is 11.5. The number of amides is 1. The molecule has 0 saturated carbocycles. The van der Waals surface area contributed by atoms with Gasteiger partial charge in [0.15, 0.2) is 6.10 Å². The van der Waals surface area contributed by atoms with Gasteiger partial charge in [0.1, 0.15) is 0 Å². The van der Waals surface area contributed by atoms with E-state index in [1.165, 1.54) is 11.8 Å². The molecule has 1 amide bonds. The van der Waals surface area contributed by atoms with E-state index in [1.807, 2.05) is 79.7 Å². The summed E-state index contributed by atoms with van der Waals surface area (Å²) in [7, 11) is 0. The third-order valence-corrected chi connectivity index (χ3v) is 4.97. The van der Waals surface area contributed by atoms with Crippen molar-refractivity contribution in [2.24, 2.45) is 0 Å². The van der Waals surface area contributed by atoms with Crippen molar-refractivity contribution in [2.75, 3.05) is 16.8 Å². The Hall–Kier alpha value is -3.12. The third-order valence-electron chi connectivity index (χ3n) is 4.06. The molecule has 0 saturated heterocycles. The number of carbonyl (C=O) groups excluding carboxylic acids is 2. The van der Waals surface area contributed by atoms with Crippen molar-refractivity contribution in [3.8, 4) is 0 Å². The molecule has 0 aliphatic rings. The fourth-order valence-corrected chi connectivity index (χ4v) is 3.36. The zero-order valence-electron chi connectivity index (χ0n) is 16.1. The van der Waals surface area contributed by atoms with E-state index in [0.717, 1.165) is 16.8 Å². The summed E-state index contributed by atoms with van der Waals surface area (Å²) in [6, 6.07) is 22.6. The van der Waals surface area contributed by atoms with Crippen molar-refractivity contribution in [1.82, 2.24) is 4.98 Å². The van der Waals surface area contributed by atoms with Crippen LogP contribution >= 0.6 is 11.8 Å². The average molecular weight is 407 g/mol. The Morgan fingerprint density at radius 2 is 1.79 bits per heavy atom. The molecule has 1 atom stereocenters. The summed E-state index contributed by atoms with van der Waals surface area (Å²) >= 11 is 1.22. The van der Waals surface area contributed by atoms with Gasteiger partial charge in [0.25, 0.3) is 0 Å². The second-order valence-corrected chi connectivity index (χ2v) is 7.43. The van der Waals surface area contributed by atoms with Crippen molar-refractivity contribution in [1.29, 1.82) is 0 Å². The van der Waals surface area contributed by atoms with Gasteiger partial charge in [-0.3, -0.25) is 14.6 Å². The predicted molar refractivity (Wildman–Crippen MR) is 116 cm³/mol. The number of aromatic nitrogens is 1. The van der Waals surface area contributed by atoms with Gasteiger partial charge in [-0.15, -0.1) is 11.8 Å². The van der Waals surface area contributed by atoms with Gasteiger partial charge in [0, 0.05) is 11.9 Å². The van der Waals surface area contributed by atoms with Crippen LogP contribution < -0.4 is 5.32 Å². The molecule has 3 rings (SSSR count). The van der Waals surface area contributed by atoms with Crippen LogP contribution in [-0.4, -0.2) is 28.4 Å². The van der Waals surface area contributed by atoms with E-state index in [4.69, 9.17) is 4.74 Å².